The van der Waals surface area contributed by atoms with Gasteiger partial charge in [-0.25, -0.2) is 13.4 Å². The normalized spacial score (nSPS) is 19.2. The van der Waals surface area contributed by atoms with E-state index in [0.717, 1.165) is 44.2 Å². The summed E-state index contributed by atoms with van der Waals surface area (Å²) in [5.41, 5.74) is 6.48. The lowest BCUT2D eigenvalue weighted by Gasteiger charge is -2.21. The van der Waals surface area contributed by atoms with Crippen molar-refractivity contribution in [3.8, 4) is 0 Å². The molecule has 1 unspecified atom stereocenters. The molecule has 0 fully saturated rings. The highest BCUT2D eigenvalue weighted by atomic mass is 32.2. The average molecular weight is 405 g/mol. The highest BCUT2D eigenvalue weighted by Gasteiger charge is 2.30. The number of nitrogens with zero attached hydrogens (tertiary/aromatic N) is 1. The van der Waals surface area contributed by atoms with E-state index in [1.54, 1.807) is 0 Å². The van der Waals surface area contributed by atoms with Gasteiger partial charge in [0.2, 0.25) is 0 Å². The standard InChI is InChI=1S/C19H23N3O5S/c23-18(22-28(24,25)19-20-15-7-8-26-10-16(15)27-19)21-17-13-5-1-3-11(13)9-12-4-2-6-14(12)17/h9,18,21-23H,1-8,10H2. The second kappa shape index (κ2) is 6.84. The summed E-state index contributed by atoms with van der Waals surface area (Å²) in [5, 5.41) is 13.0. The first kappa shape index (κ1) is 18.1. The van der Waals surface area contributed by atoms with E-state index in [2.05, 4.69) is 21.1 Å². The molecule has 0 spiro atoms. The summed E-state index contributed by atoms with van der Waals surface area (Å²) in [7, 11) is -4.10. The van der Waals surface area contributed by atoms with Crippen LogP contribution in [0.4, 0.5) is 5.69 Å². The van der Waals surface area contributed by atoms with Gasteiger partial charge in [0, 0.05) is 12.1 Å². The van der Waals surface area contributed by atoms with Crippen LogP contribution in [-0.2, 0) is 53.5 Å². The SMILES string of the molecule is O=S(=O)(NC(O)Nc1c2c(cc3c1CCC3)CCC2)c1nc2c(o1)COCC2. The second-order valence-corrected chi connectivity index (χ2v) is 9.15. The van der Waals surface area contributed by atoms with Gasteiger partial charge in [0.25, 0.3) is 10.0 Å². The van der Waals surface area contributed by atoms with Gasteiger partial charge in [-0.05, 0) is 60.8 Å². The van der Waals surface area contributed by atoms with E-state index in [1.165, 1.54) is 22.3 Å². The lowest BCUT2D eigenvalue weighted by molar-refractivity contribution is 0.0910. The van der Waals surface area contributed by atoms with Gasteiger partial charge in [-0.3, -0.25) is 0 Å². The summed E-state index contributed by atoms with van der Waals surface area (Å²) in [6.07, 6.45) is 5.15. The molecule has 9 heteroatoms. The topological polar surface area (TPSA) is 114 Å². The van der Waals surface area contributed by atoms with Crippen molar-refractivity contribution in [3.05, 3.63) is 39.8 Å². The van der Waals surface area contributed by atoms with Gasteiger partial charge < -0.3 is 19.6 Å². The van der Waals surface area contributed by atoms with Crippen LogP contribution in [0.1, 0.15) is 46.5 Å². The Morgan fingerprint density at radius 2 is 1.79 bits per heavy atom. The number of sulfonamides is 1. The van der Waals surface area contributed by atoms with Crippen molar-refractivity contribution in [1.29, 1.82) is 0 Å². The van der Waals surface area contributed by atoms with Gasteiger partial charge >= 0.3 is 5.22 Å². The average Bonchev–Trinajstić information content (AvgIpc) is 3.39. The first-order valence-electron chi connectivity index (χ1n) is 9.71. The fraction of sp³-hybridized carbons (Fsp3) is 0.526. The van der Waals surface area contributed by atoms with Gasteiger partial charge in [-0.1, -0.05) is 6.07 Å². The second-order valence-electron chi connectivity index (χ2n) is 7.55. The number of fused-ring (bicyclic) bond motifs is 3. The fourth-order valence-corrected chi connectivity index (χ4v) is 5.36. The fourth-order valence-electron chi connectivity index (χ4n) is 4.47. The van der Waals surface area contributed by atoms with Crippen molar-refractivity contribution >= 4 is 15.7 Å². The van der Waals surface area contributed by atoms with E-state index in [9.17, 15) is 13.5 Å². The molecule has 2 heterocycles. The number of nitrogens with one attached hydrogen (secondary N) is 2. The van der Waals surface area contributed by atoms with Crippen molar-refractivity contribution < 1.29 is 22.7 Å². The maximum atomic E-state index is 12.6. The maximum Gasteiger partial charge on any atom is 0.331 e. The number of rotatable bonds is 5. The maximum absolute atomic E-state index is 12.6. The molecule has 1 aromatic carbocycles. The van der Waals surface area contributed by atoms with Crippen LogP contribution in [0.25, 0.3) is 0 Å². The zero-order valence-electron chi connectivity index (χ0n) is 15.5. The Labute approximate surface area is 163 Å². The third-order valence-electron chi connectivity index (χ3n) is 5.73. The molecule has 28 heavy (non-hydrogen) atoms. The Hall–Kier alpha value is -1.94. The Morgan fingerprint density at radius 1 is 1.07 bits per heavy atom. The summed E-state index contributed by atoms with van der Waals surface area (Å²) < 4.78 is 38.1. The molecule has 5 rings (SSSR count). The molecule has 0 bridgehead atoms. The Morgan fingerprint density at radius 3 is 2.46 bits per heavy atom. The molecule has 0 amide bonds. The number of ether oxygens (including phenoxy) is 1. The predicted molar refractivity (Wildman–Crippen MR) is 100 cm³/mol. The molecule has 150 valence electrons. The molecular weight excluding hydrogens is 382 g/mol. The molecule has 0 saturated carbocycles. The quantitative estimate of drug-likeness (QED) is 0.644. The number of hydrogen-bond acceptors (Lipinski definition) is 7. The van der Waals surface area contributed by atoms with E-state index >= 15 is 0 Å². The van der Waals surface area contributed by atoms with Crippen LogP contribution >= 0.6 is 0 Å². The Bertz CT molecular complexity index is 975. The first-order valence-corrected chi connectivity index (χ1v) is 11.2. The highest BCUT2D eigenvalue weighted by Crippen LogP contribution is 2.38. The third-order valence-corrected chi connectivity index (χ3v) is 6.89. The van der Waals surface area contributed by atoms with Crippen LogP contribution in [0.5, 0.6) is 0 Å². The molecule has 1 aromatic heterocycles. The number of aliphatic hydroxyl groups excluding tert-OH is 1. The van der Waals surface area contributed by atoms with Gasteiger partial charge in [-0.15, -0.1) is 0 Å². The molecule has 3 aliphatic rings. The number of benzene rings is 1. The van der Waals surface area contributed by atoms with Crippen LogP contribution < -0.4 is 10.0 Å². The molecular formula is C19H23N3O5S. The van der Waals surface area contributed by atoms with Gasteiger partial charge in [-0.2, -0.15) is 4.72 Å². The monoisotopic (exact) mass is 405 g/mol. The first-order chi connectivity index (χ1) is 13.5. The summed E-state index contributed by atoms with van der Waals surface area (Å²) in [6, 6.07) is 2.28. The largest absolute Gasteiger partial charge is 0.429 e. The van der Waals surface area contributed by atoms with E-state index in [-0.39, 0.29) is 6.61 Å². The zero-order chi connectivity index (χ0) is 19.3. The lowest BCUT2D eigenvalue weighted by Crippen LogP contribution is -2.40. The number of aliphatic hydroxyl groups is 1. The molecule has 3 N–H and O–H groups in total. The van der Waals surface area contributed by atoms with Crippen molar-refractivity contribution in [3.63, 3.8) is 0 Å². The summed E-state index contributed by atoms with van der Waals surface area (Å²) in [6.45, 7) is 0.696. The van der Waals surface area contributed by atoms with E-state index < -0.39 is 21.6 Å². The number of aryl methyl sites for hydroxylation is 2. The third kappa shape index (κ3) is 3.12. The smallest absolute Gasteiger partial charge is 0.331 e. The minimum Gasteiger partial charge on any atom is -0.429 e. The van der Waals surface area contributed by atoms with E-state index in [1.807, 2.05) is 0 Å². The molecule has 0 saturated heterocycles. The minimum atomic E-state index is -4.10. The lowest BCUT2D eigenvalue weighted by atomic mass is 9.99. The van der Waals surface area contributed by atoms with Crippen molar-refractivity contribution in [1.82, 2.24) is 9.71 Å². The summed E-state index contributed by atoms with van der Waals surface area (Å²) in [4.78, 5) is 4.06. The van der Waals surface area contributed by atoms with E-state index in [0.29, 0.717) is 24.5 Å². The number of anilines is 1. The number of oxazole rings is 1. The van der Waals surface area contributed by atoms with Gasteiger partial charge in [0.05, 0.1) is 12.3 Å². The van der Waals surface area contributed by atoms with Crippen LogP contribution in [-0.4, -0.2) is 31.5 Å². The van der Waals surface area contributed by atoms with Crippen molar-refractivity contribution in [2.45, 2.75) is 63.1 Å². The number of hydrogen-bond donors (Lipinski definition) is 3. The Balaban J connectivity index is 1.38. The molecule has 1 atom stereocenters. The molecule has 0 radical (unpaired) electrons. The minimum absolute atomic E-state index is 0.209. The highest BCUT2D eigenvalue weighted by molar-refractivity contribution is 7.89. The predicted octanol–water partition coefficient (Wildman–Crippen LogP) is 1.39. The molecule has 8 nitrogen and oxygen atoms in total. The van der Waals surface area contributed by atoms with Crippen molar-refractivity contribution in [2.75, 3.05) is 11.9 Å². The van der Waals surface area contributed by atoms with Crippen LogP contribution in [0.3, 0.4) is 0 Å². The summed E-state index contributed by atoms with van der Waals surface area (Å²) in [5.74, 6) is 0.424. The van der Waals surface area contributed by atoms with Crippen LogP contribution in [0.15, 0.2) is 15.7 Å². The van der Waals surface area contributed by atoms with Crippen LogP contribution in [0, 0.1) is 0 Å². The van der Waals surface area contributed by atoms with Gasteiger partial charge in [0.1, 0.15) is 6.61 Å². The van der Waals surface area contributed by atoms with E-state index in [4.69, 9.17) is 9.15 Å². The molecule has 1 aliphatic heterocycles. The molecule has 2 aromatic rings. The zero-order valence-corrected chi connectivity index (χ0v) is 16.3. The summed E-state index contributed by atoms with van der Waals surface area (Å²) >= 11 is 0. The van der Waals surface area contributed by atoms with Gasteiger partial charge in [0.15, 0.2) is 12.1 Å². The number of aromatic nitrogens is 1. The Kier molecular flexibility index (Phi) is 4.42. The van der Waals surface area contributed by atoms with Crippen molar-refractivity contribution in [2.24, 2.45) is 0 Å². The van der Waals surface area contributed by atoms with Crippen LogP contribution in [0.2, 0.25) is 0 Å². The molecule has 2 aliphatic carbocycles.